The van der Waals surface area contributed by atoms with Crippen LogP contribution in [0, 0.1) is 17.7 Å². The molecule has 1 aromatic rings. The van der Waals surface area contributed by atoms with Crippen LogP contribution in [0.2, 0.25) is 0 Å². The van der Waals surface area contributed by atoms with Gasteiger partial charge in [0.05, 0.1) is 5.56 Å². The number of halogens is 1. The Balaban J connectivity index is 2.10. The monoisotopic (exact) mass is 264 g/mol. The molecule has 104 valence electrons. The van der Waals surface area contributed by atoms with E-state index in [1.807, 2.05) is 0 Å². The van der Waals surface area contributed by atoms with Crippen molar-refractivity contribution in [2.75, 3.05) is 5.32 Å². The molecule has 19 heavy (non-hydrogen) atoms. The number of anilines is 1. The third-order valence-corrected chi connectivity index (χ3v) is 3.78. The van der Waals surface area contributed by atoms with E-state index in [0.29, 0.717) is 17.9 Å². The van der Waals surface area contributed by atoms with Gasteiger partial charge in [-0.05, 0) is 49.3 Å². The zero-order valence-corrected chi connectivity index (χ0v) is 11.4. The van der Waals surface area contributed by atoms with Gasteiger partial charge in [-0.25, -0.2) is 4.39 Å². The number of amides is 1. The molecule has 0 aliphatic heterocycles. The normalized spacial score (nSPS) is 27.0. The number of carbonyl (C=O) groups is 1. The second-order valence-electron chi connectivity index (χ2n) is 5.82. The molecule has 0 bridgehead atoms. The van der Waals surface area contributed by atoms with E-state index in [2.05, 4.69) is 19.2 Å². The molecule has 4 heteroatoms. The summed E-state index contributed by atoms with van der Waals surface area (Å²) in [6, 6.07) is 4.83. The Morgan fingerprint density at radius 1 is 1.26 bits per heavy atom. The van der Waals surface area contributed by atoms with E-state index in [0.717, 1.165) is 18.5 Å². The fourth-order valence-corrected chi connectivity index (χ4v) is 3.10. The lowest BCUT2D eigenvalue weighted by Crippen LogP contribution is -2.30. The van der Waals surface area contributed by atoms with Crippen molar-refractivity contribution >= 4 is 11.6 Å². The van der Waals surface area contributed by atoms with Crippen molar-refractivity contribution in [2.24, 2.45) is 17.6 Å². The number of hydrogen-bond donors (Lipinski definition) is 2. The summed E-state index contributed by atoms with van der Waals surface area (Å²) >= 11 is 0. The number of nitrogens with two attached hydrogens (primary N) is 1. The highest BCUT2D eigenvalue weighted by Crippen LogP contribution is 2.30. The molecule has 1 aromatic carbocycles. The molecule has 1 fully saturated rings. The van der Waals surface area contributed by atoms with Gasteiger partial charge < -0.3 is 11.1 Å². The van der Waals surface area contributed by atoms with E-state index in [1.165, 1.54) is 18.6 Å². The van der Waals surface area contributed by atoms with Crippen molar-refractivity contribution in [3.05, 3.63) is 29.6 Å². The first-order valence-electron chi connectivity index (χ1n) is 6.81. The van der Waals surface area contributed by atoms with Crippen LogP contribution >= 0.6 is 0 Å². The SMILES string of the molecule is CC1CC(C)CC(Nc2ccc(F)c(C(N)=O)c2)C1. The zero-order chi connectivity index (χ0) is 14.0. The van der Waals surface area contributed by atoms with Crippen LogP contribution in [0.4, 0.5) is 10.1 Å². The van der Waals surface area contributed by atoms with Gasteiger partial charge in [0, 0.05) is 11.7 Å². The average Bonchev–Trinajstić information content (AvgIpc) is 2.30. The summed E-state index contributed by atoms with van der Waals surface area (Å²) in [6.45, 7) is 4.51. The first-order valence-corrected chi connectivity index (χ1v) is 6.81. The molecule has 2 unspecified atom stereocenters. The molecule has 0 heterocycles. The highest BCUT2D eigenvalue weighted by atomic mass is 19.1. The summed E-state index contributed by atoms with van der Waals surface area (Å²) < 4.78 is 13.4. The van der Waals surface area contributed by atoms with E-state index in [-0.39, 0.29) is 5.56 Å². The molecule has 2 rings (SSSR count). The van der Waals surface area contributed by atoms with E-state index >= 15 is 0 Å². The van der Waals surface area contributed by atoms with Gasteiger partial charge >= 0.3 is 0 Å². The lowest BCUT2D eigenvalue weighted by molar-refractivity contribution is 0.0996. The number of rotatable bonds is 3. The van der Waals surface area contributed by atoms with Crippen molar-refractivity contribution in [2.45, 2.75) is 39.2 Å². The Hall–Kier alpha value is -1.58. The number of benzene rings is 1. The smallest absolute Gasteiger partial charge is 0.251 e. The van der Waals surface area contributed by atoms with Crippen LogP contribution < -0.4 is 11.1 Å². The zero-order valence-electron chi connectivity index (χ0n) is 11.4. The molecule has 3 nitrogen and oxygen atoms in total. The van der Waals surface area contributed by atoms with Gasteiger partial charge in [-0.1, -0.05) is 13.8 Å². The van der Waals surface area contributed by atoms with Crippen LogP contribution in [0.15, 0.2) is 18.2 Å². The van der Waals surface area contributed by atoms with Crippen LogP contribution in [0.1, 0.15) is 43.5 Å². The van der Waals surface area contributed by atoms with Crippen molar-refractivity contribution in [3.63, 3.8) is 0 Å². The Kier molecular flexibility index (Phi) is 4.08. The number of nitrogens with one attached hydrogen (secondary N) is 1. The molecule has 0 saturated heterocycles. The maximum atomic E-state index is 13.4. The largest absolute Gasteiger partial charge is 0.382 e. The number of carbonyl (C=O) groups excluding carboxylic acids is 1. The lowest BCUT2D eigenvalue weighted by Gasteiger charge is -2.32. The molecular weight excluding hydrogens is 243 g/mol. The van der Waals surface area contributed by atoms with Crippen LogP contribution in [-0.4, -0.2) is 11.9 Å². The second-order valence-corrected chi connectivity index (χ2v) is 5.82. The molecular formula is C15H21FN2O. The van der Waals surface area contributed by atoms with Gasteiger partial charge in [0.2, 0.25) is 0 Å². The molecule has 0 spiro atoms. The highest BCUT2D eigenvalue weighted by molar-refractivity contribution is 5.94. The maximum absolute atomic E-state index is 13.4. The third kappa shape index (κ3) is 3.46. The minimum absolute atomic E-state index is 0.0538. The van der Waals surface area contributed by atoms with Crippen LogP contribution in [0.3, 0.4) is 0 Å². The summed E-state index contributed by atoms with van der Waals surface area (Å²) in [6.07, 6.45) is 3.47. The van der Waals surface area contributed by atoms with Crippen LogP contribution in [0.5, 0.6) is 0 Å². The van der Waals surface area contributed by atoms with Gasteiger partial charge in [0.15, 0.2) is 0 Å². The van der Waals surface area contributed by atoms with Gasteiger partial charge in [0.1, 0.15) is 5.82 Å². The number of hydrogen-bond acceptors (Lipinski definition) is 2. The topological polar surface area (TPSA) is 55.1 Å². The first kappa shape index (κ1) is 13.8. The summed E-state index contributed by atoms with van der Waals surface area (Å²) in [7, 11) is 0. The van der Waals surface area contributed by atoms with Crippen molar-refractivity contribution < 1.29 is 9.18 Å². The van der Waals surface area contributed by atoms with E-state index < -0.39 is 11.7 Å². The maximum Gasteiger partial charge on any atom is 0.251 e. The molecule has 1 aliphatic rings. The fraction of sp³-hybridized carbons (Fsp3) is 0.533. The van der Waals surface area contributed by atoms with Gasteiger partial charge in [-0.2, -0.15) is 0 Å². The molecule has 1 amide bonds. The molecule has 0 radical (unpaired) electrons. The quantitative estimate of drug-likeness (QED) is 0.881. The number of primary amides is 1. The molecule has 1 saturated carbocycles. The van der Waals surface area contributed by atoms with E-state index in [4.69, 9.17) is 5.73 Å². The highest BCUT2D eigenvalue weighted by Gasteiger charge is 2.24. The first-order chi connectivity index (χ1) is 8.95. The predicted octanol–water partition coefficient (Wildman–Crippen LogP) is 3.16. The summed E-state index contributed by atoms with van der Waals surface area (Å²) in [4.78, 5) is 11.1. The van der Waals surface area contributed by atoms with Crippen molar-refractivity contribution in [1.82, 2.24) is 0 Å². The Bertz CT molecular complexity index is 465. The molecule has 1 aliphatic carbocycles. The molecule has 3 N–H and O–H groups in total. The molecule has 2 atom stereocenters. The van der Waals surface area contributed by atoms with Crippen LogP contribution in [0.25, 0.3) is 0 Å². The third-order valence-electron chi connectivity index (χ3n) is 3.78. The summed E-state index contributed by atoms with van der Waals surface area (Å²) in [5.41, 5.74) is 5.87. The lowest BCUT2D eigenvalue weighted by atomic mass is 9.80. The fourth-order valence-electron chi connectivity index (χ4n) is 3.10. The summed E-state index contributed by atoms with van der Waals surface area (Å²) in [5, 5.41) is 3.39. The van der Waals surface area contributed by atoms with Crippen molar-refractivity contribution in [1.29, 1.82) is 0 Å². The van der Waals surface area contributed by atoms with Crippen LogP contribution in [-0.2, 0) is 0 Å². The molecule has 0 aromatic heterocycles. The average molecular weight is 264 g/mol. The van der Waals surface area contributed by atoms with E-state index in [1.54, 1.807) is 6.07 Å². The predicted molar refractivity (Wildman–Crippen MR) is 74.5 cm³/mol. The van der Waals surface area contributed by atoms with Gasteiger partial charge in [-0.15, -0.1) is 0 Å². The standard InChI is InChI=1S/C15H21FN2O/c1-9-5-10(2)7-12(6-9)18-11-3-4-14(16)13(8-11)15(17)19/h3-4,8-10,12,18H,5-7H2,1-2H3,(H2,17,19). The Morgan fingerprint density at radius 2 is 1.89 bits per heavy atom. The minimum Gasteiger partial charge on any atom is -0.382 e. The van der Waals surface area contributed by atoms with Crippen molar-refractivity contribution in [3.8, 4) is 0 Å². The minimum atomic E-state index is -0.730. The Labute approximate surface area is 113 Å². The summed E-state index contributed by atoms with van der Waals surface area (Å²) in [5.74, 6) is 0.0876. The van der Waals surface area contributed by atoms with Gasteiger partial charge in [0.25, 0.3) is 5.91 Å². The van der Waals surface area contributed by atoms with E-state index in [9.17, 15) is 9.18 Å². The van der Waals surface area contributed by atoms with Gasteiger partial charge in [-0.3, -0.25) is 4.79 Å². The second kappa shape index (κ2) is 5.59. The Morgan fingerprint density at radius 3 is 2.47 bits per heavy atom.